The summed E-state index contributed by atoms with van der Waals surface area (Å²) < 4.78 is 1.93. The zero-order chi connectivity index (χ0) is 15.9. The van der Waals surface area contributed by atoms with Crippen LogP contribution in [-0.2, 0) is 11.3 Å². The Balaban J connectivity index is 1.77. The first-order valence-electron chi connectivity index (χ1n) is 7.55. The SMILES string of the molecule is CC1CC(C(=O)O)CC(C)N1Cc1cn2cc(Cl)ccc2n1. The fourth-order valence-corrected chi connectivity index (χ4v) is 3.59. The summed E-state index contributed by atoms with van der Waals surface area (Å²) in [5.74, 6) is -0.915. The molecule has 0 amide bonds. The third-order valence-corrected chi connectivity index (χ3v) is 4.77. The van der Waals surface area contributed by atoms with E-state index in [9.17, 15) is 9.90 Å². The standard InChI is InChI=1S/C16H20ClN3O2/c1-10-5-12(16(21)22)6-11(2)20(10)9-14-8-19-7-13(17)3-4-15(19)18-14/h3-4,7-8,10-12H,5-6,9H2,1-2H3,(H,21,22). The van der Waals surface area contributed by atoms with Crippen molar-refractivity contribution in [1.29, 1.82) is 0 Å². The Hall–Kier alpha value is -1.59. The zero-order valence-corrected chi connectivity index (χ0v) is 13.5. The van der Waals surface area contributed by atoms with Crippen LogP contribution in [0.4, 0.5) is 0 Å². The zero-order valence-electron chi connectivity index (χ0n) is 12.7. The van der Waals surface area contributed by atoms with E-state index >= 15 is 0 Å². The van der Waals surface area contributed by atoms with Crippen LogP contribution in [-0.4, -0.2) is 37.4 Å². The molecule has 118 valence electrons. The quantitative estimate of drug-likeness (QED) is 0.944. The first-order chi connectivity index (χ1) is 10.4. The minimum atomic E-state index is -0.680. The number of hydrogen-bond acceptors (Lipinski definition) is 3. The van der Waals surface area contributed by atoms with E-state index in [1.165, 1.54) is 0 Å². The monoisotopic (exact) mass is 321 g/mol. The summed E-state index contributed by atoms with van der Waals surface area (Å²) in [5, 5.41) is 9.91. The lowest BCUT2D eigenvalue weighted by molar-refractivity contribution is -0.145. The molecule has 5 nitrogen and oxygen atoms in total. The maximum Gasteiger partial charge on any atom is 0.306 e. The molecule has 2 aromatic heterocycles. The minimum absolute atomic E-state index is 0.234. The number of hydrogen-bond donors (Lipinski definition) is 1. The second-order valence-electron chi connectivity index (χ2n) is 6.22. The fourth-order valence-electron chi connectivity index (χ4n) is 3.42. The van der Waals surface area contributed by atoms with Gasteiger partial charge in [-0.05, 0) is 38.8 Å². The first-order valence-corrected chi connectivity index (χ1v) is 7.93. The highest BCUT2D eigenvalue weighted by molar-refractivity contribution is 6.30. The van der Waals surface area contributed by atoms with Gasteiger partial charge in [0.25, 0.3) is 0 Å². The maximum absolute atomic E-state index is 11.2. The normalized spacial score (nSPS) is 26.4. The predicted octanol–water partition coefficient (Wildman–Crippen LogP) is 3.06. The van der Waals surface area contributed by atoms with E-state index in [2.05, 4.69) is 23.7 Å². The summed E-state index contributed by atoms with van der Waals surface area (Å²) in [6.45, 7) is 4.92. The topological polar surface area (TPSA) is 57.8 Å². The molecule has 22 heavy (non-hydrogen) atoms. The molecule has 3 rings (SSSR count). The number of aromatic nitrogens is 2. The molecule has 1 aliphatic heterocycles. The predicted molar refractivity (Wildman–Crippen MR) is 85.0 cm³/mol. The Kier molecular flexibility index (Phi) is 4.10. The second-order valence-corrected chi connectivity index (χ2v) is 6.66. The molecule has 6 heteroatoms. The molecule has 0 aliphatic carbocycles. The number of piperidine rings is 1. The summed E-state index contributed by atoms with van der Waals surface area (Å²) >= 11 is 6.00. The van der Waals surface area contributed by atoms with Gasteiger partial charge in [-0.1, -0.05) is 11.6 Å². The van der Waals surface area contributed by atoms with E-state index in [0.717, 1.165) is 17.9 Å². The third kappa shape index (κ3) is 2.96. The molecule has 0 saturated carbocycles. The maximum atomic E-state index is 11.2. The molecule has 3 heterocycles. The molecular formula is C16H20ClN3O2. The molecule has 2 aromatic rings. The van der Waals surface area contributed by atoms with E-state index in [4.69, 9.17) is 11.6 Å². The molecule has 0 radical (unpaired) electrons. The molecule has 1 fully saturated rings. The third-order valence-electron chi connectivity index (χ3n) is 4.54. The number of fused-ring (bicyclic) bond motifs is 1. The molecule has 1 N–H and O–H groups in total. The molecular weight excluding hydrogens is 302 g/mol. The first kappa shape index (κ1) is 15.3. The lowest BCUT2D eigenvalue weighted by atomic mass is 9.87. The Morgan fingerprint density at radius 3 is 2.64 bits per heavy atom. The number of carboxylic acids is 1. The number of aliphatic carboxylic acids is 1. The average Bonchev–Trinajstić information content (AvgIpc) is 2.84. The Labute approximate surface area is 134 Å². The number of carbonyl (C=O) groups is 1. The number of halogens is 1. The van der Waals surface area contributed by atoms with Gasteiger partial charge in [0.05, 0.1) is 16.6 Å². The lowest BCUT2D eigenvalue weighted by Crippen LogP contribution is -2.47. The number of rotatable bonds is 3. The van der Waals surface area contributed by atoms with Crippen molar-refractivity contribution in [3.63, 3.8) is 0 Å². The molecule has 1 saturated heterocycles. The molecule has 2 unspecified atom stereocenters. The largest absolute Gasteiger partial charge is 0.481 e. The van der Waals surface area contributed by atoms with Crippen LogP contribution in [0.3, 0.4) is 0 Å². The minimum Gasteiger partial charge on any atom is -0.481 e. The van der Waals surface area contributed by atoms with E-state index in [-0.39, 0.29) is 18.0 Å². The van der Waals surface area contributed by atoms with Crippen molar-refractivity contribution in [1.82, 2.24) is 14.3 Å². The molecule has 2 atom stereocenters. The van der Waals surface area contributed by atoms with Crippen molar-refractivity contribution in [3.8, 4) is 0 Å². The summed E-state index contributed by atoms with van der Waals surface area (Å²) in [6, 6.07) is 4.20. The summed E-state index contributed by atoms with van der Waals surface area (Å²) in [5.41, 5.74) is 1.86. The van der Waals surface area contributed by atoms with Crippen molar-refractivity contribution < 1.29 is 9.90 Å². The number of pyridine rings is 1. The van der Waals surface area contributed by atoms with Gasteiger partial charge >= 0.3 is 5.97 Å². The summed E-state index contributed by atoms with van der Waals surface area (Å²) in [7, 11) is 0. The van der Waals surface area contributed by atoms with Crippen LogP contribution in [0.5, 0.6) is 0 Å². The van der Waals surface area contributed by atoms with Gasteiger partial charge in [0, 0.05) is 31.0 Å². The Bertz CT molecular complexity index is 688. The average molecular weight is 322 g/mol. The van der Waals surface area contributed by atoms with E-state index in [1.54, 1.807) is 0 Å². The van der Waals surface area contributed by atoms with Gasteiger partial charge in [0.2, 0.25) is 0 Å². The lowest BCUT2D eigenvalue weighted by Gasteiger charge is -2.41. The molecule has 0 aromatic carbocycles. The number of carboxylic acid groups (broad SMARTS) is 1. The van der Waals surface area contributed by atoms with E-state index < -0.39 is 5.97 Å². The van der Waals surface area contributed by atoms with Gasteiger partial charge in [0.1, 0.15) is 5.65 Å². The van der Waals surface area contributed by atoms with Crippen molar-refractivity contribution in [3.05, 3.63) is 35.2 Å². The van der Waals surface area contributed by atoms with Gasteiger partial charge in [-0.15, -0.1) is 0 Å². The van der Waals surface area contributed by atoms with Crippen LogP contribution in [0.1, 0.15) is 32.4 Å². The van der Waals surface area contributed by atoms with Crippen molar-refractivity contribution in [2.75, 3.05) is 0 Å². The van der Waals surface area contributed by atoms with Crippen LogP contribution in [0.25, 0.3) is 5.65 Å². The van der Waals surface area contributed by atoms with Crippen LogP contribution in [0.2, 0.25) is 5.02 Å². The van der Waals surface area contributed by atoms with Gasteiger partial charge in [-0.3, -0.25) is 9.69 Å². The van der Waals surface area contributed by atoms with Crippen LogP contribution < -0.4 is 0 Å². The van der Waals surface area contributed by atoms with E-state index in [1.807, 2.05) is 28.9 Å². The molecule has 1 aliphatic rings. The smallest absolute Gasteiger partial charge is 0.306 e. The van der Waals surface area contributed by atoms with Crippen LogP contribution in [0, 0.1) is 5.92 Å². The summed E-state index contributed by atoms with van der Waals surface area (Å²) in [4.78, 5) is 18.2. The van der Waals surface area contributed by atoms with Gasteiger partial charge in [-0.2, -0.15) is 0 Å². The van der Waals surface area contributed by atoms with Gasteiger partial charge < -0.3 is 9.51 Å². The van der Waals surface area contributed by atoms with Crippen molar-refractivity contribution in [2.24, 2.45) is 5.92 Å². The van der Waals surface area contributed by atoms with Crippen LogP contribution >= 0.6 is 11.6 Å². The number of likely N-dealkylation sites (tertiary alicyclic amines) is 1. The highest BCUT2D eigenvalue weighted by atomic mass is 35.5. The van der Waals surface area contributed by atoms with Gasteiger partial charge in [0.15, 0.2) is 0 Å². The highest BCUT2D eigenvalue weighted by Crippen LogP contribution is 2.29. The Morgan fingerprint density at radius 1 is 1.32 bits per heavy atom. The van der Waals surface area contributed by atoms with Crippen molar-refractivity contribution >= 4 is 23.2 Å². The second kappa shape index (κ2) is 5.89. The Morgan fingerprint density at radius 2 is 2.00 bits per heavy atom. The molecule has 0 spiro atoms. The number of imidazole rings is 1. The highest BCUT2D eigenvalue weighted by Gasteiger charge is 2.34. The summed E-state index contributed by atoms with van der Waals surface area (Å²) in [6.07, 6.45) is 5.22. The van der Waals surface area contributed by atoms with Gasteiger partial charge in [-0.25, -0.2) is 4.98 Å². The number of nitrogens with zero attached hydrogens (tertiary/aromatic N) is 3. The fraction of sp³-hybridized carbons (Fsp3) is 0.500. The van der Waals surface area contributed by atoms with E-state index in [0.29, 0.717) is 17.9 Å². The van der Waals surface area contributed by atoms with Crippen LogP contribution in [0.15, 0.2) is 24.5 Å². The van der Waals surface area contributed by atoms with Crippen molar-refractivity contribution in [2.45, 2.75) is 45.3 Å². The molecule has 0 bridgehead atoms.